The van der Waals surface area contributed by atoms with Crippen LogP contribution in [0.15, 0.2) is 30.3 Å². The molecule has 1 saturated heterocycles. The van der Waals surface area contributed by atoms with Crippen molar-refractivity contribution in [2.24, 2.45) is 0 Å². The quantitative estimate of drug-likeness (QED) is 0.883. The summed E-state index contributed by atoms with van der Waals surface area (Å²) in [6.07, 6.45) is 2.93. The molecule has 5 heteroatoms. The van der Waals surface area contributed by atoms with Crippen molar-refractivity contribution in [3.05, 3.63) is 35.9 Å². The molecule has 2 fully saturated rings. The van der Waals surface area contributed by atoms with Gasteiger partial charge in [0, 0.05) is 32.2 Å². The minimum absolute atomic E-state index is 0.189. The molecule has 138 valence electrons. The molecule has 0 spiro atoms. The molecule has 1 heterocycles. The fourth-order valence-electron chi connectivity index (χ4n) is 4.20. The van der Waals surface area contributed by atoms with Crippen LogP contribution in [0, 0.1) is 0 Å². The van der Waals surface area contributed by atoms with Gasteiger partial charge in [0.2, 0.25) is 5.91 Å². The summed E-state index contributed by atoms with van der Waals surface area (Å²) in [7, 11) is 2.01. The smallest absolute Gasteiger partial charge is 0.244 e. The molecule has 1 N–H and O–H groups in total. The summed E-state index contributed by atoms with van der Waals surface area (Å²) in [6.45, 7) is 6.16. The zero-order valence-electron chi connectivity index (χ0n) is 15.5. The molecular formula is C20H31N3O2. The first-order valence-electron chi connectivity index (χ1n) is 9.58. The summed E-state index contributed by atoms with van der Waals surface area (Å²) in [6, 6.07) is 10.1. The van der Waals surface area contributed by atoms with Gasteiger partial charge in [-0.25, -0.2) is 0 Å². The normalized spacial score (nSPS) is 26.2. The van der Waals surface area contributed by atoms with E-state index in [1.807, 2.05) is 42.3 Å². The number of carbonyl (C=O) groups excluding carboxylic acids is 1. The monoisotopic (exact) mass is 345 g/mol. The molecule has 1 aromatic rings. The van der Waals surface area contributed by atoms with Gasteiger partial charge in [-0.3, -0.25) is 14.6 Å². The van der Waals surface area contributed by atoms with Crippen molar-refractivity contribution in [1.29, 1.82) is 0 Å². The van der Waals surface area contributed by atoms with E-state index in [4.69, 9.17) is 0 Å². The maximum absolute atomic E-state index is 13.2. The Bertz CT molecular complexity index is 557. The second kappa shape index (κ2) is 8.30. The van der Waals surface area contributed by atoms with Gasteiger partial charge in [0.1, 0.15) is 6.04 Å². The van der Waals surface area contributed by atoms with Gasteiger partial charge in [-0.15, -0.1) is 0 Å². The highest BCUT2D eigenvalue weighted by Gasteiger charge is 2.35. The number of aliphatic hydroxyl groups excluding tert-OH is 1. The number of rotatable bonds is 5. The molecule has 1 aliphatic carbocycles. The number of nitrogens with zero attached hydrogens (tertiary/aromatic N) is 3. The van der Waals surface area contributed by atoms with Crippen molar-refractivity contribution in [3.63, 3.8) is 0 Å². The molecular weight excluding hydrogens is 314 g/mol. The van der Waals surface area contributed by atoms with Crippen LogP contribution in [0.1, 0.15) is 37.8 Å². The van der Waals surface area contributed by atoms with E-state index in [2.05, 4.69) is 16.7 Å². The van der Waals surface area contributed by atoms with Crippen molar-refractivity contribution < 1.29 is 9.90 Å². The molecule has 0 unspecified atom stereocenters. The van der Waals surface area contributed by atoms with Gasteiger partial charge < -0.3 is 10.0 Å². The second-order valence-electron chi connectivity index (χ2n) is 7.31. The van der Waals surface area contributed by atoms with E-state index in [1.165, 1.54) is 0 Å². The minimum Gasteiger partial charge on any atom is -0.391 e. The van der Waals surface area contributed by atoms with Crippen molar-refractivity contribution in [3.8, 4) is 0 Å². The minimum atomic E-state index is -0.213. The number of hydrogen-bond donors (Lipinski definition) is 1. The van der Waals surface area contributed by atoms with Crippen molar-refractivity contribution in [2.45, 2.75) is 44.4 Å². The van der Waals surface area contributed by atoms with E-state index in [9.17, 15) is 9.90 Å². The molecule has 5 nitrogen and oxygen atoms in total. The Labute approximate surface area is 151 Å². The Morgan fingerprint density at radius 1 is 1.20 bits per heavy atom. The zero-order valence-corrected chi connectivity index (χ0v) is 15.5. The van der Waals surface area contributed by atoms with Crippen LogP contribution in [0.5, 0.6) is 0 Å². The SMILES string of the molecule is CCN(C)[C@H](C(=O)N1CCN([C@@H]2CCC[C@@H]2O)CC1)c1ccccc1. The fraction of sp³-hybridized carbons (Fsp3) is 0.650. The van der Waals surface area contributed by atoms with Crippen LogP contribution in [-0.2, 0) is 4.79 Å². The van der Waals surface area contributed by atoms with Gasteiger partial charge in [0.25, 0.3) is 0 Å². The van der Waals surface area contributed by atoms with Crippen molar-refractivity contribution in [2.75, 3.05) is 39.8 Å². The highest BCUT2D eigenvalue weighted by atomic mass is 16.3. The largest absolute Gasteiger partial charge is 0.391 e. The van der Waals surface area contributed by atoms with Gasteiger partial charge in [-0.1, -0.05) is 37.3 Å². The number of piperazine rings is 1. The highest BCUT2D eigenvalue weighted by Crippen LogP contribution is 2.27. The number of hydrogen-bond acceptors (Lipinski definition) is 4. The van der Waals surface area contributed by atoms with Crippen LogP contribution in [-0.4, -0.2) is 77.6 Å². The second-order valence-corrected chi connectivity index (χ2v) is 7.31. The van der Waals surface area contributed by atoms with Gasteiger partial charge in [0.15, 0.2) is 0 Å². The van der Waals surface area contributed by atoms with Crippen molar-refractivity contribution in [1.82, 2.24) is 14.7 Å². The Balaban J connectivity index is 1.65. The summed E-state index contributed by atoms with van der Waals surface area (Å²) in [5.74, 6) is 0.196. The molecule has 2 aliphatic rings. The first kappa shape index (κ1) is 18.4. The topological polar surface area (TPSA) is 47.0 Å². The average Bonchev–Trinajstić information content (AvgIpc) is 3.08. The van der Waals surface area contributed by atoms with Gasteiger partial charge in [-0.2, -0.15) is 0 Å². The summed E-state index contributed by atoms with van der Waals surface area (Å²) < 4.78 is 0. The lowest BCUT2D eigenvalue weighted by Crippen LogP contribution is -2.55. The Morgan fingerprint density at radius 3 is 2.44 bits per heavy atom. The van der Waals surface area contributed by atoms with Crippen LogP contribution >= 0.6 is 0 Å². The summed E-state index contributed by atoms with van der Waals surface area (Å²) in [5.41, 5.74) is 1.06. The van der Waals surface area contributed by atoms with E-state index >= 15 is 0 Å². The van der Waals surface area contributed by atoms with Gasteiger partial charge in [0.05, 0.1) is 6.10 Å². The molecule has 3 rings (SSSR count). The molecule has 1 amide bonds. The van der Waals surface area contributed by atoms with E-state index < -0.39 is 0 Å². The summed E-state index contributed by atoms with van der Waals surface area (Å²) in [5, 5.41) is 10.1. The standard InChI is InChI=1S/C20H31N3O2/c1-3-21(2)19(16-8-5-4-6-9-16)20(25)23-14-12-22(13-15-23)17-10-7-11-18(17)24/h4-6,8-9,17-19,24H,3,7,10-15H2,1-2H3/t17-,18+,19+/m1/s1. The maximum atomic E-state index is 13.2. The van der Waals surface area contributed by atoms with Gasteiger partial charge >= 0.3 is 0 Å². The van der Waals surface area contributed by atoms with Crippen LogP contribution in [0.3, 0.4) is 0 Å². The third kappa shape index (κ3) is 4.05. The maximum Gasteiger partial charge on any atom is 0.244 e. The van der Waals surface area contributed by atoms with Crippen LogP contribution in [0.2, 0.25) is 0 Å². The summed E-state index contributed by atoms with van der Waals surface area (Å²) >= 11 is 0. The lowest BCUT2D eigenvalue weighted by molar-refractivity contribution is -0.139. The molecule has 3 atom stereocenters. The fourth-order valence-corrected chi connectivity index (χ4v) is 4.20. The zero-order chi connectivity index (χ0) is 17.8. The highest BCUT2D eigenvalue weighted by molar-refractivity contribution is 5.83. The molecule has 0 radical (unpaired) electrons. The van der Waals surface area contributed by atoms with Crippen LogP contribution < -0.4 is 0 Å². The Hall–Kier alpha value is -1.43. The van der Waals surface area contributed by atoms with E-state index in [0.29, 0.717) is 6.04 Å². The van der Waals surface area contributed by atoms with E-state index in [0.717, 1.165) is 57.5 Å². The Morgan fingerprint density at radius 2 is 1.88 bits per heavy atom. The lowest BCUT2D eigenvalue weighted by atomic mass is 10.0. The number of likely N-dealkylation sites (N-methyl/N-ethyl adjacent to an activating group) is 1. The number of amides is 1. The number of aliphatic hydroxyl groups is 1. The van der Waals surface area contributed by atoms with Gasteiger partial charge in [-0.05, 0) is 38.4 Å². The number of carbonyl (C=O) groups is 1. The Kier molecular flexibility index (Phi) is 6.10. The third-order valence-electron chi connectivity index (χ3n) is 5.83. The van der Waals surface area contributed by atoms with E-state index in [1.54, 1.807) is 0 Å². The third-order valence-corrected chi connectivity index (χ3v) is 5.83. The molecule has 0 aromatic heterocycles. The predicted molar refractivity (Wildman–Crippen MR) is 99.3 cm³/mol. The molecule has 0 bridgehead atoms. The summed E-state index contributed by atoms with van der Waals surface area (Å²) in [4.78, 5) is 19.7. The molecule has 25 heavy (non-hydrogen) atoms. The molecule has 1 aliphatic heterocycles. The number of benzene rings is 1. The average molecular weight is 345 g/mol. The first-order chi connectivity index (χ1) is 12.1. The van der Waals surface area contributed by atoms with Crippen molar-refractivity contribution >= 4 is 5.91 Å². The predicted octanol–water partition coefficient (Wildman–Crippen LogP) is 1.74. The molecule has 1 saturated carbocycles. The van der Waals surface area contributed by atoms with Crippen LogP contribution in [0.4, 0.5) is 0 Å². The van der Waals surface area contributed by atoms with E-state index in [-0.39, 0.29) is 18.1 Å². The lowest BCUT2D eigenvalue weighted by Gasteiger charge is -2.41. The first-order valence-corrected chi connectivity index (χ1v) is 9.58. The molecule has 1 aromatic carbocycles. The van der Waals surface area contributed by atoms with Crippen LogP contribution in [0.25, 0.3) is 0 Å².